The summed E-state index contributed by atoms with van der Waals surface area (Å²) >= 11 is 1.61. The Morgan fingerprint density at radius 1 is 1.09 bits per heavy atom. The van der Waals surface area contributed by atoms with Crippen molar-refractivity contribution >= 4 is 22.7 Å². The highest BCUT2D eigenvalue weighted by Crippen LogP contribution is 2.24. The Morgan fingerprint density at radius 3 is 2.50 bits per heavy atom. The van der Waals surface area contributed by atoms with Crippen LogP contribution in [0.4, 0.5) is 0 Å². The summed E-state index contributed by atoms with van der Waals surface area (Å²) in [4.78, 5) is 17.6. The number of nitrogens with zero attached hydrogens (tertiary/aromatic N) is 2. The van der Waals surface area contributed by atoms with E-state index in [0.717, 1.165) is 22.0 Å². The van der Waals surface area contributed by atoms with Gasteiger partial charge in [0.05, 0.1) is 16.9 Å². The van der Waals surface area contributed by atoms with Gasteiger partial charge in [0.25, 0.3) is 5.56 Å². The lowest BCUT2D eigenvalue weighted by Gasteiger charge is -2.19. The topological polar surface area (TPSA) is 34.9 Å². The molecule has 3 nitrogen and oxygen atoms in total. The molecule has 0 aliphatic heterocycles. The van der Waals surface area contributed by atoms with Gasteiger partial charge < -0.3 is 0 Å². The summed E-state index contributed by atoms with van der Waals surface area (Å²) in [6.45, 7) is 4.12. The SMILES string of the molecule is CCSc1nc2ccccc2c(=O)n1[C@@H](C)c1ccccc1. The zero-order chi connectivity index (χ0) is 15.5. The second kappa shape index (κ2) is 6.36. The first-order chi connectivity index (χ1) is 10.7. The second-order valence-corrected chi connectivity index (χ2v) is 6.34. The lowest BCUT2D eigenvalue weighted by atomic mass is 10.1. The molecule has 0 radical (unpaired) electrons. The number of benzene rings is 2. The molecular weight excluding hydrogens is 292 g/mol. The summed E-state index contributed by atoms with van der Waals surface area (Å²) in [6, 6.07) is 17.6. The zero-order valence-electron chi connectivity index (χ0n) is 12.7. The Morgan fingerprint density at radius 2 is 1.77 bits per heavy atom. The highest BCUT2D eigenvalue weighted by atomic mass is 32.2. The molecule has 0 fully saturated rings. The van der Waals surface area contributed by atoms with Crippen molar-refractivity contribution in [1.29, 1.82) is 0 Å². The van der Waals surface area contributed by atoms with E-state index in [1.807, 2.05) is 66.1 Å². The number of aromatic nitrogens is 2. The van der Waals surface area contributed by atoms with Gasteiger partial charge in [-0.2, -0.15) is 0 Å². The van der Waals surface area contributed by atoms with E-state index in [-0.39, 0.29) is 11.6 Å². The minimum atomic E-state index is -0.0418. The van der Waals surface area contributed by atoms with Crippen LogP contribution in [0.1, 0.15) is 25.5 Å². The van der Waals surface area contributed by atoms with E-state index in [1.54, 1.807) is 11.8 Å². The van der Waals surface area contributed by atoms with Crippen LogP contribution >= 0.6 is 11.8 Å². The maximum atomic E-state index is 12.9. The van der Waals surface area contributed by atoms with Crippen LogP contribution in [0.2, 0.25) is 0 Å². The normalized spacial score (nSPS) is 12.5. The molecule has 1 aromatic heterocycles. The van der Waals surface area contributed by atoms with Crippen LogP contribution < -0.4 is 5.56 Å². The van der Waals surface area contributed by atoms with E-state index < -0.39 is 0 Å². The van der Waals surface area contributed by atoms with E-state index in [9.17, 15) is 4.79 Å². The Kier molecular flexibility index (Phi) is 4.29. The minimum Gasteiger partial charge on any atom is -0.280 e. The molecule has 0 amide bonds. The Hall–Kier alpha value is -2.07. The first kappa shape index (κ1) is 14.9. The molecule has 0 bridgehead atoms. The molecule has 3 aromatic rings. The maximum Gasteiger partial charge on any atom is 0.262 e. The Bertz CT molecular complexity index is 843. The van der Waals surface area contributed by atoms with Crippen LogP contribution in [0.5, 0.6) is 0 Å². The molecule has 1 atom stereocenters. The standard InChI is InChI=1S/C18H18N2OS/c1-3-22-18-19-16-12-8-7-11-15(16)17(21)20(18)13(2)14-9-5-4-6-10-14/h4-13H,3H2,1-2H3/t13-/m0/s1. The van der Waals surface area contributed by atoms with Gasteiger partial charge >= 0.3 is 0 Å². The van der Waals surface area contributed by atoms with Crippen LogP contribution in [-0.2, 0) is 0 Å². The molecule has 0 N–H and O–H groups in total. The van der Waals surface area contributed by atoms with Gasteiger partial charge in [-0.1, -0.05) is 61.2 Å². The van der Waals surface area contributed by atoms with Gasteiger partial charge in [-0.3, -0.25) is 9.36 Å². The Balaban J connectivity index is 2.24. The van der Waals surface area contributed by atoms with Gasteiger partial charge in [0.15, 0.2) is 5.16 Å². The maximum absolute atomic E-state index is 12.9. The van der Waals surface area contributed by atoms with Crippen molar-refractivity contribution in [2.75, 3.05) is 5.75 Å². The molecule has 0 unspecified atom stereocenters. The third-order valence-electron chi connectivity index (χ3n) is 3.72. The van der Waals surface area contributed by atoms with E-state index in [0.29, 0.717) is 5.39 Å². The fourth-order valence-corrected chi connectivity index (χ4v) is 3.38. The molecule has 0 saturated heterocycles. The molecule has 0 saturated carbocycles. The van der Waals surface area contributed by atoms with Crippen molar-refractivity contribution < 1.29 is 0 Å². The molecule has 2 aromatic carbocycles. The number of hydrogen-bond donors (Lipinski definition) is 0. The van der Waals surface area contributed by atoms with E-state index in [4.69, 9.17) is 4.98 Å². The van der Waals surface area contributed by atoms with Crippen LogP contribution in [0, 0.1) is 0 Å². The van der Waals surface area contributed by atoms with Crippen molar-refractivity contribution in [3.8, 4) is 0 Å². The van der Waals surface area contributed by atoms with Gasteiger partial charge in [-0.25, -0.2) is 4.98 Å². The van der Waals surface area contributed by atoms with E-state index >= 15 is 0 Å². The predicted octanol–water partition coefficient (Wildman–Crippen LogP) is 4.12. The molecular formula is C18H18N2OS. The summed E-state index contributed by atoms with van der Waals surface area (Å²) in [7, 11) is 0. The van der Waals surface area contributed by atoms with E-state index in [1.165, 1.54) is 0 Å². The molecule has 0 spiro atoms. The number of thioether (sulfide) groups is 1. The first-order valence-corrected chi connectivity index (χ1v) is 8.40. The smallest absolute Gasteiger partial charge is 0.262 e. The molecule has 0 aliphatic carbocycles. The second-order valence-electron chi connectivity index (χ2n) is 5.11. The van der Waals surface area contributed by atoms with Gasteiger partial charge in [0.1, 0.15) is 0 Å². The lowest BCUT2D eigenvalue weighted by molar-refractivity contribution is 0.549. The van der Waals surface area contributed by atoms with Gasteiger partial charge in [0, 0.05) is 0 Å². The fraction of sp³-hybridized carbons (Fsp3) is 0.222. The highest BCUT2D eigenvalue weighted by Gasteiger charge is 2.17. The Labute approximate surface area is 134 Å². The van der Waals surface area contributed by atoms with Gasteiger partial charge in [-0.15, -0.1) is 0 Å². The number of fused-ring (bicyclic) bond motifs is 1. The van der Waals surface area contributed by atoms with Crippen LogP contribution in [0.3, 0.4) is 0 Å². The van der Waals surface area contributed by atoms with Crippen molar-refractivity contribution in [3.63, 3.8) is 0 Å². The zero-order valence-corrected chi connectivity index (χ0v) is 13.5. The molecule has 22 heavy (non-hydrogen) atoms. The number of para-hydroxylation sites is 1. The summed E-state index contributed by atoms with van der Waals surface area (Å²) in [5.74, 6) is 0.881. The van der Waals surface area contributed by atoms with Crippen molar-refractivity contribution in [3.05, 3.63) is 70.5 Å². The predicted molar refractivity (Wildman–Crippen MR) is 92.7 cm³/mol. The van der Waals surface area contributed by atoms with Crippen molar-refractivity contribution in [2.24, 2.45) is 0 Å². The van der Waals surface area contributed by atoms with Gasteiger partial charge in [0.2, 0.25) is 0 Å². The number of rotatable bonds is 4. The largest absolute Gasteiger partial charge is 0.280 e. The third kappa shape index (κ3) is 2.66. The summed E-state index contributed by atoms with van der Waals surface area (Å²) in [6.07, 6.45) is 0. The lowest BCUT2D eigenvalue weighted by Crippen LogP contribution is -2.27. The summed E-state index contributed by atoms with van der Waals surface area (Å²) < 4.78 is 1.81. The van der Waals surface area contributed by atoms with Crippen molar-refractivity contribution in [1.82, 2.24) is 9.55 Å². The molecule has 1 heterocycles. The van der Waals surface area contributed by atoms with Crippen LogP contribution in [-0.4, -0.2) is 15.3 Å². The first-order valence-electron chi connectivity index (χ1n) is 7.41. The van der Waals surface area contributed by atoms with Gasteiger partial charge in [-0.05, 0) is 30.4 Å². The minimum absolute atomic E-state index is 0.0258. The average Bonchev–Trinajstić information content (AvgIpc) is 2.56. The molecule has 4 heteroatoms. The summed E-state index contributed by atoms with van der Waals surface area (Å²) in [5.41, 5.74) is 1.90. The third-order valence-corrected chi connectivity index (χ3v) is 4.55. The van der Waals surface area contributed by atoms with Crippen LogP contribution in [0.25, 0.3) is 10.9 Å². The monoisotopic (exact) mass is 310 g/mol. The van der Waals surface area contributed by atoms with Crippen LogP contribution in [0.15, 0.2) is 64.5 Å². The molecule has 0 aliphatic rings. The highest BCUT2D eigenvalue weighted by molar-refractivity contribution is 7.99. The average molecular weight is 310 g/mol. The van der Waals surface area contributed by atoms with E-state index in [2.05, 4.69) is 6.92 Å². The van der Waals surface area contributed by atoms with Crippen molar-refractivity contribution in [2.45, 2.75) is 25.0 Å². The molecule has 3 rings (SSSR count). The number of hydrogen-bond acceptors (Lipinski definition) is 3. The molecule has 112 valence electrons. The summed E-state index contributed by atoms with van der Waals surface area (Å²) in [5, 5.41) is 1.45. The fourth-order valence-electron chi connectivity index (χ4n) is 2.58. The quantitative estimate of drug-likeness (QED) is 0.537.